The van der Waals surface area contributed by atoms with E-state index in [-0.39, 0.29) is 5.95 Å². The highest BCUT2D eigenvalue weighted by molar-refractivity contribution is 5.72. The van der Waals surface area contributed by atoms with Crippen LogP contribution in [0, 0.1) is 0 Å². The first kappa shape index (κ1) is 25.7. The Balaban J connectivity index is 0.000000407. The monoisotopic (exact) mass is 436 g/mol. The van der Waals surface area contributed by atoms with Gasteiger partial charge >= 0.3 is 5.97 Å². The highest BCUT2D eigenvalue weighted by Crippen LogP contribution is 2.38. The largest absolute Gasteiger partial charge is 0.493 e. The quantitative estimate of drug-likeness (QED) is 0.330. The second-order valence-corrected chi connectivity index (χ2v) is 6.58. The number of benzene rings is 1. The van der Waals surface area contributed by atoms with Crippen molar-refractivity contribution in [1.29, 1.82) is 0 Å². The van der Waals surface area contributed by atoms with E-state index in [1.165, 1.54) is 0 Å². The van der Waals surface area contributed by atoms with Gasteiger partial charge in [0.15, 0.2) is 11.5 Å². The van der Waals surface area contributed by atoms with E-state index in [1.54, 1.807) is 27.5 Å². The minimum atomic E-state index is -0.933. The van der Waals surface area contributed by atoms with Crippen LogP contribution >= 0.6 is 0 Å². The highest BCUT2D eigenvalue weighted by atomic mass is 16.5. The maximum atomic E-state index is 10.1. The van der Waals surface area contributed by atoms with E-state index in [0.29, 0.717) is 42.5 Å². The molecule has 9 N–H and O–H groups in total. The number of aliphatic carboxylic acids is 1. The summed E-state index contributed by atoms with van der Waals surface area (Å²) in [6, 6.07) is 3.00. The van der Waals surface area contributed by atoms with E-state index < -0.39 is 12.0 Å². The standard InChI is InChI=1S/C14H18N4O3.C6H14N2O2/c1-19-10-5-8(6-11(20-2)12(10)21-3)4-9-7-17-14(16)18-13(9)15;7-4-2-1-3-5(8)6(9)10/h5-7H,4H2,1-3H3,(H4,15,16,17,18);5H,1-4,7-8H2,(H,9,10). The van der Waals surface area contributed by atoms with Crippen LogP contribution < -0.4 is 37.1 Å². The van der Waals surface area contributed by atoms with Gasteiger partial charge in [0.2, 0.25) is 11.7 Å². The van der Waals surface area contributed by atoms with Gasteiger partial charge in [0.05, 0.1) is 21.3 Å². The topological polar surface area (TPSA) is 195 Å². The summed E-state index contributed by atoms with van der Waals surface area (Å²) >= 11 is 0. The summed E-state index contributed by atoms with van der Waals surface area (Å²) < 4.78 is 15.9. The van der Waals surface area contributed by atoms with Crippen molar-refractivity contribution in [3.05, 3.63) is 29.5 Å². The molecule has 11 nitrogen and oxygen atoms in total. The molecule has 1 aromatic carbocycles. The zero-order valence-corrected chi connectivity index (χ0v) is 18.1. The fraction of sp³-hybridized carbons (Fsp3) is 0.450. The molecule has 0 bridgehead atoms. The van der Waals surface area contributed by atoms with Gasteiger partial charge in [-0.25, -0.2) is 4.98 Å². The number of anilines is 2. The number of unbranched alkanes of at least 4 members (excludes halogenated alkanes) is 1. The molecule has 0 fully saturated rings. The summed E-state index contributed by atoms with van der Waals surface area (Å²) in [5.74, 6) is 1.29. The molecule has 0 aliphatic rings. The number of methoxy groups -OCH3 is 3. The number of aromatic nitrogens is 2. The van der Waals surface area contributed by atoms with Crippen LogP contribution in [0.4, 0.5) is 11.8 Å². The van der Waals surface area contributed by atoms with Crippen LogP contribution in [0.1, 0.15) is 30.4 Å². The van der Waals surface area contributed by atoms with Crippen LogP contribution in [-0.4, -0.2) is 55.0 Å². The fourth-order valence-electron chi connectivity index (χ4n) is 2.66. The Bertz CT molecular complexity index is 824. The van der Waals surface area contributed by atoms with E-state index in [2.05, 4.69) is 9.97 Å². The average Bonchev–Trinajstić information content (AvgIpc) is 2.75. The zero-order valence-electron chi connectivity index (χ0n) is 18.1. The van der Waals surface area contributed by atoms with Crippen LogP contribution in [-0.2, 0) is 11.2 Å². The summed E-state index contributed by atoms with van der Waals surface area (Å²) in [6.45, 7) is 0.604. The molecule has 1 heterocycles. The molecule has 1 aromatic heterocycles. The molecule has 1 atom stereocenters. The third kappa shape index (κ3) is 8.15. The number of carboxylic acid groups (broad SMARTS) is 1. The van der Waals surface area contributed by atoms with E-state index in [0.717, 1.165) is 24.0 Å². The molecule has 11 heteroatoms. The second-order valence-electron chi connectivity index (χ2n) is 6.58. The number of carbonyl (C=O) groups is 1. The van der Waals surface area contributed by atoms with Crippen molar-refractivity contribution in [3.63, 3.8) is 0 Å². The molecule has 1 unspecified atom stereocenters. The van der Waals surface area contributed by atoms with Crippen molar-refractivity contribution < 1.29 is 24.1 Å². The number of carboxylic acids is 1. The van der Waals surface area contributed by atoms with Crippen LogP contribution in [0.3, 0.4) is 0 Å². The molecule has 0 radical (unpaired) electrons. The van der Waals surface area contributed by atoms with Crippen molar-refractivity contribution in [2.45, 2.75) is 31.7 Å². The smallest absolute Gasteiger partial charge is 0.320 e. The van der Waals surface area contributed by atoms with Crippen LogP contribution in [0.15, 0.2) is 18.3 Å². The van der Waals surface area contributed by atoms with E-state index >= 15 is 0 Å². The van der Waals surface area contributed by atoms with E-state index in [9.17, 15) is 4.79 Å². The Morgan fingerprint density at radius 3 is 2.16 bits per heavy atom. The lowest BCUT2D eigenvalue weighted by atomic mass is 10.1. The molecule has 0 saturated carbocycles. The highest BCUT2D eigenvalue weighted by Gasteiger charge is 2.14. The first-order chi connectivity index (χ1) is 14.8. The van der Waals surface area contributed by atoms with Gasteiger partial charge in [-0.05, 0) is 37.1 Å². The van der Waals surface area contributed by atoms with E-state index in [4.69, 9.17) is 42.3 Å². The number of hydrogen-bond acceptors (Lipinski definition) is 10. The Kier molecular flexibility index (Phi) is 10.9. The summed E-state index contributed by atoms with van der Waals surface area (Å²) in [7, 11) is 4.70. The summed E-state index contributed by atoms with van der Waals surface area (Å²) in [5, 5.41) is 8.33. The van der Waals surface area contributed by atoms with Crippen molar-refractivity contribution in [2.75, 3.05) is 39.3 Å². The molecular weight excluding hydrogens is 404 g/mol. The molecule has 0 aliphatic carbocycles. The van der Waals surface area contributed by atoms with Crippen molar-refractivity contribution in [2.24, 2.45) is 11.5 Å². The van der Waals surface area contributed by atoms with Crippen molar-refractivity contribution in [3.8, 4) is 17.2 Å². The third-order valence-electron chi connectivity index (χ3n) is 4.32. The van der Waals surface area contributed by atoms with Crippen molar-refractivity contribution >= 4 is 17.7 Å². The van der Waals surface area contributed by atoms with Gasteiger partial charge in [-0.3, -0.25) is 4.79 Å². The lowest BCUT2D eigenvalue weighted by molar-refractivity contribution is -0.138. The number of hydrogen-bond donors (Lipinski definition) is 5. The summed E-state index contributed by atoms with van der Waals surface area (Å²) in [4.78, 5) is 18.0. The molecular formula is C20H32N6O5. The van der Waals surface area contributed by atoms with Gasteiger partial charge < -0.3 is 42.3 Å². The van der Waals surface area contributed by atoms with Gasteiger partial charge in [-0.15, -0.1) is 0 Å². The molecule has 0 saturated heterocycles. The van der Waals surface area contributed by atoms with Gasteiger partial charge in [-0.1, -0.05) is 6.42 Å². The molecule has 0 spiro atoms. The van der Waals surface area contributed by atoms with Crippen LogP contribution in [0.5, 0.6) is 17.2 Å². The van der Waals surface area contributed by atoms with Gasteiger partial charge in [-0.2, -0.15) is 4.98 Å². The van der Waals surface area contributed by atoms with Crippen LogP contribution in [0.2, 0.25) is 0 Å². The summed E-state index contributed by atoms with van der Waals surface area (Å²) in [6.07, 6.45) is 4.31. The normalized spacial score (nSPS) is 11.1. The molecule has 2 aromatic rings. The van der Waals surface area contributed by atoms with E-state index in [1.807, 2.05) is 12.1 Å². The first-order valence-corrected chi connectivity index (χ1v) is 9.61. The molecule has 172 valence electrons. The van der Waals surface area contributed by atoms with Gasteiger partial charge in [0.25, 0.3) is 0 Å². The second kappa shape index (κ2) is 13.1. The zero-order chi connectivity index (χ0) is 23.4. The molecule has 31 heavy (non-hydrogen) atoms. The predicted octanol–water partition coefficient (Wildman–Crippen LogP) is 0.785. The minimum absolute atomic E-state index is 0.154. The van der Waals surface area contributed by atoms with Gasteiger partial charge in [0, 0.05) is 18.2 Å². The molecule has 0 amide bonds. The predicted molar refractivity (Wildman–Crippen MR) is 118 cm³/mol. The molecule has 0 aliphatic heterocycles. The van der Waals surface area contributed by atoms with Crippen LogP contribution in [0.25, 0.3) is 0 Å². The molecule has 2 rings (SSSR count). The Morgan fingerprint density at radius 1 is 1.10 bits per heavy atom. The number of rotatable bonds is 10. The van der Waals surface area contributed by atoms with Gasteiger partial charge in [0.1, 0.15) is 11.9 Å². The lowest BCUT2D eigenvalue weighted by Crippen LogP contribution is -2.29. The Hall–Kier alpha value is -3.31. The number of nitrogen functional groups attached to an aromatic ring is 2. The third-order valence-corrected chi connectivity index (χ3v) is 4.32. The average molecular weight is 437 g/mol. The van der Waals surface area contributed by atoms with Crippen molar-refractivity contribution in [1.82, 2.24) is 9.97 Å². The Morgan fingerprint density at radius 2 is 1.71 bits per heavy atom. The minimum Gasteiger partial charge on any atom is -0.493 e. The number of nitrogens with two attached hydrogens (primary N) is 4. The maximum Gasteiger partial charge on any atom is 0.320 e. The Labute approximate surface area is 181 Å². The first-order valence-electron chi connectivity index (χ1n) is 9.61. The maximum absolute atomic E-state index is 10.1. The number of nitrogens with zero attached hydrogens (tertiary/aromatic N) is 2. The fourth-order valence-corrected chi connectivity index (χ4v) is 2.66. The lowest BCUT2D eigenvalue weighted by Gasteiger charge is -2.14. The summed E-state index contributed by atoms with van der Waals surface area (Å²) in [5.41, 5.74) is 23.5. The number of ether oxygens (including phenoxy) is 3. The SMILES string of the molecule is COc1cc(Cc2cnc(N)nc2N)cc(OC)c1OC.NCCCCC(N)C(=O)O.